The van der Waals surface area contributed by atoms with E-state index in [-0.39, 0.29) is 5.78 Å². The van der Waals surface area contributed by atoms with E-state index in [0.717, 1.165) is 27.9 Å². The number of hydrogen-bond donors (Lipinski definition) is 0. The highest BCUT2D eigenvalue weighted by Gasteiger charge is 2.33. The summed E-state index contributed by atoms with van der Waals surface area (Å²) in [6, 6.07) is 15.6. The van der Waals surface area contributed by atoms with Crippen molar-refractivity contribution < 1.29 is 14.3 Å². The van der Waals surface area contributed by atoms with Gasteiger partial charge in [0.15, 0.2) is 5.76 Å². The van der Waals surface area contributed by atoms with Gasteiger partial charge in [0.25, 0.3) is 0 Å². The fourth-order valence-electron chi connectivity index (χ4n) is 3.48. The number of ketones is 1. The molecule has 0 saturated heterocycles. The number of carbonyl (C=O) groups is 1. The molecule has 2 aliphatic rings. The molecule has 0 saturated carbocycles. The van der Waals surface area contributed by atoms with Gasteiger partial charge >= 0.3 is 0 Å². The van der Waals surface area contributed by atoms with Crippen LogP contribution in [-0.4, -0.2) is 17.4 Å². The van der Waals surface area contributed by atoms with Crippen LogP contribution in [0.5, 0.6) is 11.5 Å². The molecule has 0 bridgehead atoms. The highest BCUT2D eigenvalue weighted by molar-refractivity contribution is 9.10. The Morgan fingerprint density at radius 1 is 1.18 bits per heavy atom. The smallest absolute Gasteiger partial charge is 0.231 e. The van der Waals surface area contributed by atoms with Crippen LogP contribution in [0.3, 0.4) is 0 Å². The second-order valence-electron chi connectivity index (χ2n) is 6.75. The van der Waals surface area contributed by atoms with Gasteiger partial charge in [-0.1, -0.05) is 34.1 Å². The highest BCUT2D eigenvalue weighted by Crippen LogP contribution is 2.42. The minimum absolute atomic E-state index is 0.0897. The maximum Gasteiger partial charge on any atom is 0.231 e. The molecule has 1 aromatic heterocycles. The van der Waals surface area contributed by atoms with E-state index in [9.17, 15) is 4.79 Å². The molecule has 28 heavy (non-hydrogen) atoms. The Labute approximate surface area is 175 Å². The Morgan fingerprint density at radius 3 is 2.93 bits per heavy atom. The van der Waals surface area contributed by atoms with Crippen molar-refractivity contribution in [3.8, 4) is 11.5 Å². The fourth-order valence-corrected chi connectivity index (χ4v) is 4.64. The van der Waals surface area contributed by atoms with E-state index in [2.05, 4.69) is 38.3 Å². The lowest BCUT2D eigenvalue weighted by Crippen LogP contribution is -2.31. The summed E-state index contributed by atoms with van der Waals surface area (Å²) in [7, 11) is 0. The van der Waals surface area contributed by atoms with Gasteiger partial charge in [-0.2, -0.15) is 0 Å². The van der Waals surface area contributed by atoms with Crippen molar-refractivity contribution in [2.75, 3.05) is 6.73 Å². The van der Waals surface area contributed by atoms with Gasteiger partial charge in [0.05, 0.1) is 11.1 Å². The second-order valence-corrected chi connectivity index (χ2v) is 8.70. The number of Topliss-reactive ketones (excluding diaryl/α,β-unsaturated/α-hetero) is 1. The van der Waals surface area contributed by atoms with E-state index in [1.165, 1.54) is 4.88 Å². The van der Waals surface area contributed by atoms with Gasteiger partial charge in [0, 0.05) is 22.4 Å². The SMILES string of the molecule is O=C1/C(=C/c2cccc(Br)c2)Oc2c1ccc1c2CN(Cc2cccs2)CO1. The van der Waals surface area contributed by atoms with Gasteiger partial charge < -0.3 is 9.47 Å². The first-order valence-corrected chi connectivity index (χ1v) is 10.6. The Hall–Kier alpha value is -2.41. The standard InChI is InChI=1S/C22H16BrNO3S/c23-15-4-1-3-14(9-15)10-20-21(25)17-6-7-19-18(22(17)27-20)12-24(13-26-19)11-16-5-2-8-28-16/h1-10H,11-13H2/b20-10-. The molecule has 6 heteroatoms. The summed E-state index contributed by atoms with van der Waals surface area (Å²) < 4.78 is 12.9. The number of thiophene rings is 1. The topological polar surface area (TPSA) is 38.8 Å². The van der Waals surface area contributed by atoms with Crippen molar-refractivity contribution in [2.45, 2.75) is 13.1 Å². The third-order valence-corrected chi connectivity index (χ3v) is 6.14. The lowest BCUT2D eigenvalue weighted by molar-refractivity contribution is 0.0882. The van der Waals surface area contributed by atoms with Crippen molar-refractivity contribution in [1.29, 1.82) is 0 Å². The molecule has 0 N–H and O–H groups in total. The quantitative estimate of drug-likeness (QED) is 0.492. The Bertz CT molecular complexity index is 1090. The number of fused-ring (bicyclic) bond motifs is 3. The first-order chi connectivity index (χ1) is 13.7. The van der Waals surface area contributed by atoms with Crippen molar-refractivity contribution in [3.05, 3.63) is 85.7 Å². The summed E-state index contributed by atoms with van der Waals surface area (Å²) in [5, 5.41) is 2.08. The predicted molar refractivity (Wildman–Crippen MR) is 113 cm³/mol. The summed E-state index contributed by atoms with van der Waals surface area (Å²) in [6.45, 7) is 2.03. The number of nitrogens with zero attached hydrogens (tertiary/aromatic N) is 1. The summed E-state index contributed by atoms with van der Waals surface area (Å²) in [5.41, 5.74) is 2.45. The highest BCUT2D eigenvalue weighted by atomic mass is 79.9. The molecule has 0 amide bonds. The van der Waals surface area contributed by atoms with Crippen LogP contribution in [0.4, 0.5) is 0 Å². The van der Waals surface area contributed by atoms with Crippen molar-refractivity contribution >= 4 is 39.1 Å². The molecule has 3 aromatic rings. The number of carbonyl (C=O) groups excluding carboxylic acids is 1. The third-order valence-electron chi connectivity index (χ3n) is 4.79. The number of hydrogen-bond acceptors (Lipinski definition) is 5. The molecule has 0 spiro atoms. The second kappa shape index (κ2) is 7.20. The van der Waals surface area contributed by atoms with Gasteiger partial charge in [-0.25, -0.2) is 0 Å². The van der Waals surface area contributed by atoms with Gasteiger partial charge in [0.1, 0.15) is 18.2 Å². The zero-order chi connectivity index (χ0) is 19.1. The molecule has 0 radical (unpaired) electrons. The molecular weight excluding hydrogens is 438 g/mol. The minimum atomic E-state index is -0.0897. The number of ether oxygens (including phenoxy) is 2. The summed E-state index contributed by atoms with van der Waals surface area (Å²) in [5.74, 6) is 1.67. The van der Waals surface area contributed by atoms with Gasteiger partial charge in [-0.15, -0.1) is 11.3 Å². The van der Waals surface area contributed by atoms with Crippen LogP contribution in [0.15, 0.2) is 64.1 Å². The lowest BCUT2D eigenvalue weighted by Gasteiger charge is -2.29. The van der Waals surface area contributed by atoms with E-state index < -0.39 is 0 Å². The van der Waals surface area contributed by atoms with Crippen LogP contribution in [-0.2, 0) is 13.1 Å². The molecular formula is C22H16BrNO3S. The number of rotatable bonds is 3. The molecule has 2 aliphatic heterocycles. The van der Waals surface area contributed by atoms with Gasteiger partial charge in [-0.05, 0) is 47.4 Å². The number of benzene rings is 2. The third kappa shape index (κ3) is 3.28. The lowest BCUT2D eigenvalue weighted by atomic mass is 10.0. The van der Waals surface area contributed by atoms with E-state index >= 15 is 0 Å². The largest absolute Gasteiger partial charge is 0.478 e. The first-order valence-electron chi connectivity index (χ1n) is 8.90. The van der Waals surface area contributed by atoms with Gasteiger partial charge in [-0.3, -0.25) is 9.69 Å². The van der Waals surface area contributed by atoms with Crippen molar-refractivity contribution in [1.82, 2.24) is 4.90 Å². The monoisotopic (exact) mass is 453 g/mol. The average molecular weight is 454 g/mol. The predicted octanol–water partition coefficient (Wildman–Crippen LogP) is 5.48. The van der Waals surface area contributed by atoms with Crippen molar-refractivity contribution in [3.63, 3.8) is 0 Å². The Balaban J connectivity index is 1.45. The normalized spacial score (nSPS) is 17.2. The number of allylic oxidation sites excluding steroid dienone is 1. The van der Waals surface area contributed by atoms with Crippen LogP contribution in [0.1, 0.15) is 26.4 Å². The molecule has 0 fully saturated rings. The Morgan fingerprint density at radius 2 is 2.11 bits per heavy atom. The van der Waals surface area contributed by atoms with Crippen LogP contribution in [0.2, 0.25) is 0 Å². The number of halogens is 1. The molecule has 0 unspecified atom stereocenters. The van der Waals surface area contributed by atoms with Crippen LogP contribution in [0.25, 0.3) is 6.08 Å². The molecule has 2 aromatic carbocycles. The van der Waals surface area contributed by atoms with Crippen molar-refractivity contribution in [2.24, 2.45) is 0 Å². The maximum atomic E-state index is 12.9. The first kappa shape index (κ1) is 17.7. The molecule has 4 nitrogen and oxygen atoms in total. The summed E-state index contributed by atoms with van der Waals surface area (Å²) in [4.78, 5) is 16.3. The molecule has 0 atom stereocenters. The Kier molecular flexibility index (Phi) is 4.55. The molecule has 5 rings (SSSR count). The summed E-state index contributed by atoms with van der Waals surface area (Å²) >= 11 is 5.19. The van der Waals surface area contributed by atoms with E-state index in [1.54, 1.807) is 23.5 Å². The van der Waals surface area contributed by atoms with Crippen LogP contribution in [0, 0.1) is 0 Å². The minimum Gasteiger partial charge on any atom is -0.478 e. The van der Waals surface area contributed by atoms with Gasteiger partial charge in [0.2, 0.25) is 5.78 Å². The molecule has 140 valence electrons. The van der Waals surface area contributed by atoms with E-state index in [1.807, 2.05) is 30.3 Å². The summed E-state index contributed by atoms with van der Waals surface area (Å²) in [6.07, 6.45) is 1.78. The fraction of sp³-hybridized carbons (Fsp3) is 0.136. The molecule has 3 heterocycles. The van der Waals surface area contributed by atoms with Crippen LogP contribution >= 0.6 is 27.3 Å². The zero-order valence-corrected chi connectivity index (χ0v) is 17.3. The average Bonchev–Trinajstić information content (AvgIpc) is 3.31. The van der Waals surface area contributed by atoms with Crippen LogP contribution < -0.4 is 9.47 Å². The van der Waals surface area contributed by atoms with E-state index in [4.69, 9.17) is 9.47 Å². The molecule has 0 aliphatic carbocycles. The zero-order valence-electron chi connectivity index (χ0n) is 14.9. The van der Waals surface area contributed by atoms with E-state index in [0.29, 0.717) is 30.3 Å². The maximum absolute atomic E-state index is 12.9.